The fourth-order valence-electron chi connectivity index (χ4n) is 2.56. The van der Waals surface area contributed by atoms with E-state index >= 15 is 0 Å². The van der Waals surface area contributed by atoms with Crippen molar-refractivity contribution in [1.82, 2.24) is 0 Å². The molecular weight excluding hydrogens is 314 g/mol. The standard InChI is InChI=1S/C17H17NO4S/c1-21-14-8-5-12(9-15(14)22-2)18-16(20)10-23-17(18)11-3-6-13(19)7-4-11/h3-9,17,19H,10H2,1-2H3. The molecule has 1 amide bonds. The third kappa shape index (κ3) is 2.94. The summed E-state index contributed by atoms with van der Waals surface area (Å²) in [5, 5.41) is 9.32. The number of hydrogen-bond donors (Lipinski definition) is 1. The van der Waals surface area contributed by atoms with Gasteiger partial charge in [0.25, 0.3) is 0 Å². The van der Waals surface area contributed by atoms with Crippen LogP contribution in [0, 0.1) is 0 Å². The van der Waals surface area contributed by atoms with Gasteiger partial charge in [0.2, 0.25) is 5.91 Å². The first-order valence-corrected chi connectivity index (χ1v) is 8.13. The molecule has 2 aromatic rings. The first-order valence-electron chi connectivity index (χ1n) is 7.08. The van der Waals surface area contributed by atoms with Crippen molar-refractivity contribution in [3.05, 3.63) is 48.0 Å². The number of amides is 1. The molecule has 1 unspecified atom stereocenters. The molecule has 1 aliphatic rings. The zero-order valence-electron chi connectivity index (χ0n) is 12.9. The summed E-state index contributed by atoms with van der Waals surface area (Å²) in [5.74, 6) is 1.87. The van der Waals surface area contributed by atoms with E-state index in [4.69, 9.17) is 9.47 Å². The van der Waals surface area contributed by atoms with Crippen LogP contribution in [0.4, 0.5) is 5.69 Å². The zero-order valence-corrected chi connectivity index (χ0v) is 13.7. The molecule has 1 atom stereocenters. The number of methoxy groups -OCH3 is 2. The number of aromatic hydroxyl groups is 1. The molecular formula is C17H17NO4S. The minimum absolute atomic E-state index is 0.0419. The molecule has 1 aliphatic heterocycles. The number of carbonyl (C=O) groups excluding carboxylic acids is 1. The Kier molecular flexibility index (Phi) is 4.34. The van der Waals surface area contributed by atoms with Crippen LogP contribution in [0.1, 0.15) is 10.9 Å². The average Bonchev–Trinajstić information content (AvgIpc) is 2.96. The Morgan fingerprint density at radius 1 is 1.09 bits per heavy atom. The number of carbonyl (C=O) groups is 1. The molecule has 0 bridgehead atoms. The van der Waals surface area contributed by atoms with Crippen LogP contribution < -0.4 is 14.4 Å². The third-order valence-electron chi connectivity index (χ3n) is 3.69. The van der Waals surface area contributed by atoms with Gasteiger partial charge in [-0.05, 0) is 29.8 Å². The number of ether oxygens (including phenoxy) is 2. The van der Waals surface area contributed by atoms with Crippen LogP contribution in [0.2, 0.25) is 0 Å². The second-order valence-corrected chi connectivity index (χ2v) is 6.13. The van der Waals surface area contributed by atoms with Gasteiger partial charge in [-0.25, -0.2) is 0 Å². The van der Waals surface area contributed by atoms with Gasteiger partial charge in [-0.15, -0.1) is 11.8 Å². The summed E-state index contributed by atoms with van der Waals surface area (Å²) in [4.78, 5) is 14.1. The van der Waals surface area contributed by atoms with Crippen molar-refractivity contribution in [3.8, 4) is 17.2 Å². The lowest BCUT2D eigenvalue weighted by Gasteiger charge is -2.25. The maximum atomic E-state index is 12.4. The van der Waals surface area contributed by atoms with E-state index in [9.17, 15) is 9.90 Å². The van der Waals surface area contributed by atoms with E-state index < -0.39 is 0 Å². The van der Waals surface area contributed by atoms with E-state index in [1.807, 2.05) is 18.2 Å². The fraction of sp³-hybridized carbons (Fsp3) is 0.235. The monoisotopic (exact) mass is 331 g/mol. The summed E-state index contributed by atoms with van der Waals surface area (Å²) in [5.41, 5.74) is 1.73. The summed E-state index contributed by atoms with van der Waals surface area (Å²) < 4.78 is 10.6. The molecule has 23 heavy (non-hydrogen) atoms. The lowest BCUT2D eigenvalue weighted by molar-refractivity contribution is -0.115. The number of thioether (sulfide) groups is 1. The Labute approximate surface area is 138 Å². The Morgan fingerprint density at radius 3 is 2.43 bits per heavy atom. The lowest BCUT2D eigenvalue weighted by Crippen LogP contribution is -2.27. The van der Waals surface area contributed by atoms with Crippen LogP contribution >= 0.6 is 11.8 Å². The van der Waals surface area contributed by atoms with Crippen molar-refractivity contribution in [1.29, 1.82) is 0 Å². The molecule has 1 N–H and O–H groups in total. The van der Waals surface area contributed by atoms with Gasteiger partial charge in [-0.3, -0.25) is 9.69 Å². The second kappa shape index (κ2) is 6.42. The van der Waals surface area contributed by atoms with Gasteiger partial charge in [0.15, 0.2) is 11.5 Å². The lowest BCUT2D eigenvalue weighted by atomic mass is 10.1. The predicted molar refractivity (Wildman–Crippen MR) is 90.3 cm³/mol. The molecule has 3 rings (SSSR count). The second-order valence-electron chi connectivity index (χ2n) is 5.06. The highest BCUT2D eigenvalue weighted by Crippen LogP contribution is 2.43. The van der Waals surface area contributed by atoms with Crippen LogP contribution in [-0.4, -0.2) is 31.0 Å². The molecule has 1 saturated heterocycles. The fourth-order valence-corrected chi connectivity index (χ4v) is 3.74. The number of phenolic OH excluding ortho intramolecular Hbond substituents is 1. The molecule has 0 aliphatic carbocycles. The quantitative estimate of drug-likeness (QED) is 0.932. The Morgan fingerprint density at radius 2 is 1.78 bits per heavy atom. The van der Waals surface area contributed by atoms with Gasteiger partial charge in [0.05, 0.1) is 20.0 Å². The Hall–Kier alpha value is -2.34. The van der Waals surface area contributed by atoms with Gasteiger partial charge in [0.1, 0.15) is 11.1 Å². The Balaban J connectivity index is 1.98. The molecule has 0 aromatic heterocycles. The Bertz CT molecular complexity index is 717. The minimum Gasteiger partial charge on any atom is -0.508 e. The summed E-state index contributed by atoms with van der Waals surface area (Å²) in [6, 6.07) is 12.4. The molecule has 0 radical (unpaired) electrons. The van der Waals surface area contributed by atoms with Crippen LogP contribution in [0.25, 0.3) is 0 Å². The summed E-state index contributed by atoms with van der Waals surface area (Å²) in [6.07, 6.45) is 0. The van der Waals surface area contributed by atoms with Crippen LogP contribution in [0.3, 0.4) is 0 Å². The molecule has 2 aromatic carbocycles. The van der Waals surface area contributed by atoms with Crippen LogP contribution in [-0.2, 0) is 4.79 Å². The van der Waals surface area contributed by atoms with Crippen LogP contribution in [0.15, 0.2) is 42.5 Å². The smallest absolute Gasteiger partial charge is 0.238 e. The van der Waals surface area contributed by atoms with Crippen molar-refractivity contribution >= 4 is 23.4 Å². The van der Waals surface area contributed by atoms with Crippen molar-refractivity contribution in [2.45, 2.75) is 5.37 Å². The van der Waals surface area contributed by atoms with Gasteiger partial charge in [-0.2, -0.15) is 0 Å². The van der Waals surface area contributed by atoms with Crippen molar-refractivity contribution in [3.63, 3.8) is 0 Å². The SMILES string of the molecule is COc1ccc(N2C(=O)CSC2c2ccc(O)cc2)cc1OC. The molecule has 120 valence electrons. The van der Waals surface area contributed by atoms with E-state index in [0.717, 1.165) is 11.3 Å². The normalized spacial score (nSPS) is 17.4. The molecule has 1 fully saturated rings. The highest BCUT2D eigenvalue weighted by molar-refractivity contribution is 8.00. The first-order chi connectivity index (χ1) is 11.1. The first kappa shape index (κ1) is 15.6. The van der Waals surface area contributed by atoms with Crippen molar-refractivity contribution < 1.29 is 19.4 Å². The maximum absolute atomic E-state index is 12.4. The van der Waals surface area contributed by atoms with E-state index in [1.54, 1.807) is 55.1 Å². The summed E-state index contributed by atoms with van der Waals surface area (Å²) in [6.45, 7) is 0. The highest BCUT2D eigenvalue weighted by Gasteiger charge is 2.34. The summed E-state index contributed by atoms with van der Waals surface area (Å²) >= 11 is 1.56. The minimum atomic E-state index is -0.124. The predicted octanol–water partition coefficient (Wildman–Crippen LogP) is 3.19. The topological polar surface area (TPSA) is 59.0 Å². The number of hydrogen-bond acceptors (Lipinski definition) is 5. The number of rotatable bonds is 4. The van der Waals surface area contributed by atoms with E-state index in [-0.39, 0.29) is 17.0 Å². The molecule has 6 heteroatoms. The number of benzene rings is 2. The number of anilines is 1. The van der Waals surface area contributed by atoms with Crippen LogP contribution in [0.5, 0.6) is 17.2 Å². The third-order valence-corrected chi connectivity index (χ3v) is 4.90. The van der Waals surface area contributed by atoms with Gasteiger partial charge in [0, 0.05) is 11.8 Å². The van der Waals surface area contributed by atoms with Crippen molar-refractivity contribution in [2.75, 3.05) is 24.9 Å². The van der Waals surface area contributed by atoms with Gasteiger partial charge >= 0.3 is 0 Å². The van der Waals surface area contributed by atoms with E-state index in [0.29, 0.717) is 17.3 Å². The molecule has 0 saturated carbocycles. The van der Waals surface area contributed by atoms with E-state index in [1.165, 1.54) is 0 Å². The van der Waals surface area contributed by atoms with Crippen molar-refractivity contribution in [2.24, 2.45) is 0 Å². The molecule has 0 spiro atoms. The van der Waals surface area contributed by atoms with Gasteiger partial charge < -0.3 is 14.6 Å². The van der Waals surface area contributed by atoms with Gasteiger partial charge in [-0.1, -0.05) is 12.1 Å². The zero-order chi connectivity index (χ0) is 16.4. The summed E-state index contributed by atoms with van der Waals surface area (Å²) in [7, 11) is 3.15. The molecule has 1 heterocycles. The largest absolute Gasteiger partial charge is 0.508 e. The maximum Gasteiger partial charge on any atom is 0.238 e. The van der Waals surface area contributed by atoms with E-state index in [2.05, 4.69) is 0 Å². The highest BCUT2D eigenvalue weighted by atomic mass is 32.2. The molecule has 5 nitrogen and oxygen atoms in total. The number of phenols is 1. The number of nitrogens with zero attached hydrogens (tertiary/aromatic N) is 1. The average molecular weight is 331 g/mol.